The second kappa shape index (κ2) is 15.9. The Balaban J connectivity index is 0. The highest BCUT2D eigenvalue weighted by molar-refractivity contribution is 5.63. The number of carboxylic acid groups (broad SMARTS) is 3. The lowest BCUT2D eigenvalue weighted by Gasteiger charge is -2.47. The number of aliphatic hydroxyl groups excluding tert-OH is 3. The SMILES string of the molecule is CC(=O)O.CC(=O)O.CC(=O)O.CN[C@@H]1[C@@H](O)[C@@H](O[C@@H]2[C@@H](O)[C@H](O)[C@@H](N)C[C@H]2N)OC[C@]1(C)O. The van der Waals surface area contributed by atoms with Crippen molar-refractivity contribution in [1.82, 2.24) is 5.32 Å². The molecular weight excluding hydrogens is 462 g/mol. The van der Waals surface area contributed by atoms with Crippen molar-refractivity contribution < 1.29 is 59.6 Å². The van der Waals surface area contributed by atoms with Crippen molar-refractivity contribution in [3.05, 3.63) is 0 Å². The molecule has 2 rings (SSSR count). The van der Waals surface area contributed by atoms with Gasteiger partial charge in [-0.25, -0.2) is 0 Å². The van der Waals surface area contributed by atoms with E-state index in [0.717, 1.165) is 20.8 Å². The van der Waals surface area contributed by atoms with Gasteiger partial charge in [-0.15, -0.1) is 0 Å². The number of aliphatic carboxylic acids is 3. The molecule has 15 nitrogen and oxygen atoms in total. The van der Waals surface area contributed by atoms with Gasteiger partial charge < -0.3 is 62.0 Å². The maximum Gasteiger partial charge on any atom is 0.300 e. The van der Waals surface area contributed by atoms with Crippen molar-refractivity contribution in [2.45, 2.75) is 88.5 Å². The first-order chi connectivity index (χ1) is 15.4. The van der Waals surface area contributed by atoms with Crippen molar-refractivity contribution in [3.8, 4) is 0 Å². The van der Waals surface area contributed by atoms with Crippen LogP contribution in [0.1, 0.15) is 34.1 Å². The molecule has 0 spiro atoms. The van der Waals surface area contributed by atoms with Gasteiger partial charge in [0.25, 0.3) is 17.9 Å². The third-order valence-corrected chi connectivity index (χ3v) is 4.52. The molecule has 0 radical (unpaired) electrons. The molecule has 1 saturated carbocycles. The Morgan fingerprint density at radius 1 is 0.912 bits per heavy atom. The lowest BCUT2D eigenvalue weighted by molar-refractivity contribution is -0.296. The molecule has 1 saturated heterocycles. The first-order valence-corrected chi connectivity index (χ1v) is 10.2. The summed E-state index contributed by atoms with van der Waals surface area (Å²) < 4.78 is 11.0. The van der Waals surface area contributed by atoms with Crippen LogP contribution in [0.5, 0.6) is 0 Å². The van der Waals surface area contributed by atoms with Crippen molar-refractivity contribution in [2.75, 3.05) is 13.7 Å². The summed E-state index contributed by atoms with van der Waals surface area (Å²) >= 11 is 0. The highest BCUT2D eigenvalue weighted by atomic mass is 16.7. The van der Waals surface area contributed by atoms with Crippen LogP contribution in [0.2, 0.25) is 0 Å². The Morgan fingerprint density at radius 3 is 1.71 bits per heavy atom. The molecule has 12 N–H and O–H groups in total. The van der Waals surface area contributed by atoms with Gasteiger partial charge in [-0.2, -0.15) is 0 Å². The van der Waals surface area contributed by atoms with Gasteiger partial charge in [0.2, 0.25) is 0 Å². The fourth-order valence-electron chi connectivity index (χ4n) is 3.19. The van der Waals surface area contributed by atoms with E-state index in [9.17, 15) is 20.4 Å². The van der Waals surface area contributed by atoms with Crippen LogP contribution in [0.15, 0.2) is 0 Å². The van der Waals surface area contributed by atoms with Gasteiger partial charge >= 0.3 is 0 Å². The van der Waals surface area contributed by atoms with Gasteiger partial charge in [-0.3, -0.25) is 14.4 Å². The molecule has 34 heavy (non-hydrogen) atoms. The smallest absolute Gasteiger partial charge is 0.300 e. The summed E-state index contributed by atoms with van der Waals surface area (Å²) in [5, 5.41) is 65.5. The molecule has 1 aliphatic carbocycles. The van der Waals surface area contributed by atoms with E-state index in [2.05, 4.69) is 5.32 Å². The predicted molar refractivity (Wildman–Crippen MR) is 117 cm³/mol. The number of nitrogens with one attached hydrogen (secondary N) is 1. The Hall–Kier alpha value is -1.95. The molecule has 2 aliphatic rings. The van der Waals surface area contributed by atoms with E-state index in [1.165, 1.54) is 6.92 Å². The Bertz CT molecular complexity index is 595. The van der Waals surface area contributed by atoms with Crippen LogP contribution in [0, 0.1) is 0 Å². The van der Waals surface area contributed by atoms with E-state index in [1.54, 1.807) is 7.05 Å². The fourth-order valence-corrected chi connectivity index (χ4v) is 3.19. The maximum atomic E-state index is 10.3. The average Bonchev–Trinajstić information content (AvgIpc) is 2.64. The summed E-state index contributed by atoms with van der Waals surface area (Å²) in [4.78, 5) is 27.0. The average molecular weight is 502 g/mol. The number of carboxylic acids is 3. The summed E-state index contributed by atoms with van der Waals surface area (Å²) in [6, 6.07) is -1.90. The van der Waals surface area contributed by atoms with Crippen molar-refractivity contribution in [1.29, 1.82) is 0 Å². The van der Waals surface area contributed by atoms with E-state index >= 15 is 0 Å². The number of likely N-dealkylation sites (N-methyl/N-ethyl adjacent to an activating group) is 1. The number of hydrogen-bond acceptors (Lipinski definition) is 12. The summed E-state index contributed by atoms with van der Waals surface area (Å²) in [7, 11) is 1.61. The quantitative estimate of drug-likeness (QED) is 0.179. The molecule has 0 amide bonds. The number of ether oxygens (including phenoxy) is 2. The van der Waals surface area contributed by atoms with Gasteiger partial charge in [0.15, 0.2) is 6.29 Å². The number of carbonyl (C=O) groups is 3. The number of rotatable bonds is 3. The summed E-state index contributed by atoms with van der Waals surface area (Å²) in [6.07, 6.45) is -5.32. The third-order valence-electron chi connectivity index (χ3n) is 4.52. The third kappa shape index (κ3) is 13.1. The summed E-state index contributed by atoms with van der Waals surface area (Å²) in [5.74, 6) is -2.50. The van der Waals surface area contributed by atoms with Crippen molar-refractivity contribution in [2.24, 2.45) is 11.5 Å². The van der Waals surface area contributed by atoms with Crippen LogP contribution in [0.25, 0.3) is 0 Å². The molecule has 202 valence electrons. The van der Waals surface area contributed by atoms with Gasteiger partial charge in [-0.05, 0) is 20.4 Å². The molecule has 0 aromatic heterocycles. The first kappa shape index (κ1) is 34.2. The Labute approximate surface area is 197 Å². The van der Waals surface area contributed by atoms with Gasteiger partial charge in [0.05, 0.1) is 18.8 Å². The second-order valence-corrected chi connectivity index (χ2v) is 8.00. The van der Waals surface area contributed by atoms with E-state index in [0.29, 0.717) is 0 Å². The lowest BCUT2D eigenvalue weighted by atomic mass is 9.84. The first-order valence-electron chi connectivity index (χ1n) is 10.2. The number of aliphatic hydroxyl groups is 4. The van der Waals surface area contributed by atoms with E-state index in [-0.39, 0.29) is 13.0 Å². The maximum absolute atomic E-state index is 10.3. The van der Waals surface area contributed by atoms with Gasteiger partial charge in [0, 0.05) is 32.9 Å². The Kier molecular flexibility index (Phi) is 16.0. The largest absolute Gasteiger partial charge is 0.481 e. The molecular formula is C19H39N3O12. The van der Waals surface area contributed by atoms with Crippen LogP contribution >= 0.6 is 0 Å². The zero-order chi connectivity index (χ0) is 27.4. The zero-order valence-corrected chi connectivity index (χ0v) is 19.9. The monoisotopic (exact) mass is 501 g/mol. The standard InChI is InChI=1S/C13H27N3O6.3C2H4O2/c1-13(20)4-21-12(9(19)11(13)16-2)22-10-6(15)3-5(14)7(17)8(10)18;3*1-2(3)4/h5-12,16-20H,3-4,14-15H2,1-2H3;3*1H3,(H,3,4)/t5-,6+,7+,8-,9+,10-,11+,12+,13-;;;/m0.../s1. The minimum absolute atomic E-state index is 0.0552. The van der Waals surface area contributed by atoms with Gasteiger partial charge in [-0.1, -0.05) is 0 Å². The van der Waals surface area contributed by atoms with Crippen molar-refractivity contribution >= 4 is 17.9 Å². The van der Waals surface area contributed by atoms with E-state index in [1.807, 2.05) is 0 Å². The van der Waals surface area contributed by atoms with Gasteiger partial charge in [0.1, 0.15) is 23.9 Å². The van der Waals surface area contributed by atoms with Crippen molar-refractivity contribution in [3.63, 3.8) is 0 Å². The molecule has 0 unspecified atom stereocenters. The highest BCUT2D eigenvalue weighted by Gasteiger charge is 2.49. The zero-order valence-electron chi connectivity index (χ0n) is 19.9. The highest BCUT2D eigenvalue weighted by Crippen LogP contribution is 2.28. The molecule has 15 heteroatoms. The molecule has 1 aliphatic heterocycles. The summed E-state index contributed by atoms with van der Waals surface area (Å²) in [5.41, 5.74) is 10.4. The molecule has 9 atom stereocenters. The Morgan fingerprint density at radius 2 is 1.32 bits per heavy atom. The minimum atomic E-state index is -1.27. The van der Waals surface area contributed by atoms with Crippen LogP contribution in [-0.4, -0.2) is 122 Å². The lowest BCUT2D eigenvalue weighted by Crippen LogP contribution is -2.68. The second-order valence-electron chi connectivity index (χ2n) is 8.00. The van der Waals surface area contributed by atoms with Crippen LogP contribution in [-0.2, 0) is 23.9 Å². The molecule has 0 aromatic rings. The topological polar surface area (TPSA) is 275 Å². The molecule has 0 aromatic carbocycles. The van der Waals surface area contributed by atoms with Crippen LogP contribution in [0.3, 0.4) is 0 Å². The molecule has 1 heterocycles. The predicted octanol–water partition coefficient (Wildman–Crippen LogP) is -3.52. The minimum Gasteiger partial charge on any atom is -0.481 e. The fraction of sp³-hybridized carbons (Fsp3) is 0.842. The molecule has 2 fully saturated rings. The summed E-state index contributed by atoms with van der Waals surface area (Å²) in [6.45, 7) is 4.73. The number of nitrogens with two attached hydrogens (primary N) is 2. The molecule has 0 bridgehead atoms. The van der Waals surface area contributed by atoms with E-state index in [4.69, 9.17) is 50.6 Å². The normalized spacial score (nSPS) is 36.8. The van der Waals surface area contributed by atoms with Crippen LogP contribution < -0.4 is 16.8 Å². The number of hydrogen-bond donors (Lipinski definition) is 10. The van der Waals surface area contributed by atoms with Crippen LogP contribution in [0.4, 0.5) is 0 Å². The van der Waals surface area contributed by atoms with E-state index < -0.39 is 72.3 Å².